The van der Waals surface area contributed by atoms with Crippen molar-refractivity contribution in [1.82, 2.24) is 0 Å². The summed E-state index contributed by atoms with van der Waals surface area (Å²) < 4.78 is 0.769. The maximum Gasteiger partial charge on any atom is 0.224 e. The molecule has 4 heteroatoms. The lowest BCUT2D eigenvalue weighted by Crippen LogP contribution is -2.18. The fraction of sp³-hybridized carbons (Fsp3) is 0.222. The SMILES string of the molecule is O=C1CCc2c(O)cc(Br)cc2N1. The molecule has 1 aromatic carbocycles. The number of carbonyl (C=O) groups excluding carboxylic acids is 1. The summed E-state index contributed by atoms with van der Waals surface area (Å²) in [5.41, 5.74) is 1.53. The number of fused-ring (bicyclic) bond motifs is 1. The summed E-state index contributed by atoms with van der Waals surface area (Å²) in [7, 11) is 0. The molecule has 1 aromatic rings. The summed E-state index contributed by atoms with van der Waals surface area (Å²) in [5.74, 6) is 0.245. The van der Waals surface area contributed by atoms with E-state index >= 15 is 0 Å². The average molecular weight is 242 g/mol. The molecule has 68 valence electrons. The summed E-state index contributed by atoms with van der Waals surface area (Å²) in [5, 5.41) is 12.3. The summed E-state index contributed by atoms with van der Waals surface area (Å²) in [6.07, 6.45) is 1.06. The molecule has 0 fully saturated rings. The van der Waals surface area contributed by atoms with Gasteiger partial charge in [0.1, 0.15) is 5.75 Å². The zero-order valence-electron chi connectivity index (χ0n) is 6.80. The maximum absolute atomic E-state index is 11.0. The monoisotopic (exact) mass is 241 g/mol. The van der Waals surface area contributed by atoms with Gasteiger partial charge in [-0.15, -0.1) is 0 Å². The summed E-state index contributed by atoms with van der Waals surface area (Å²) in [4.78, 5) is 11.0. The molecule has 1 heterocycles. The van der Waals surface area contributed by atoms with Crippen LogP contribution in [0, 0.1) is 0 Å². The normalized spacial score (nSPS) is 15.0. The van der Waals surface area contributed by atoms with Crippen molar-refractivity contribution in [2.75, 3.05) is 5.32 Å². The maximum atomic E-state index is 11.0. The lowest BCUT2D eigenvalue weighted by atomic mass is 10.0. The Labute approximate surface area is 83.9 Å². The van der Waals surface area contributed by atoms with Crippen molar-refractivity contribution in [3.8, 4) is 5.75 Å². The van der Waals surface area contributed by atoms with Gasteiger partial charge in [0.25, 0.3) is 0 Å². The minimum atomic E-state index is 0.00463. The second-order valence-electron chi connectivity index (χ2n) is 3.00. The van der Waals surface area contributed by atoms with Crippen LogP contribution in [0.5, 0.6) is 5.75 Å². The molecule has 2 rings (SSSR count). The molecular weight excluding hydrogens is 234 g/mol. The van der Waals surface area contributed by atoms with Gasteiger partial charge in [-0.1, -0.05) is 15.9 Å². The van der Waals surface area contributed by atoms with Gasteiger partial charge in [0.15, 0.2) is 0 Å². The van der Waals surface area contributed by atoms with Crippen LogP contribution in [0.15, 0.2) is 16.6 Å². The van der Waals surface area contributed by atoms with E-state index in [1.54, 1.807) is 12.1 Å². The lowest BCUT2D eigenvalue weighted by Gasteiger charge is -2.17. The number of phenolic OH excluding ortho intramolecular Hbond substituents is 1. The summed E-state index contributed by atoms with van der Waals surface area (Å²) in [6, 6.07) is 3.43. The van der Waals surface area contributed by atoms with Gasteiger partial charge in [0.05, 0.1) is 0 Å². The third-order valence-corrected chi connectivity index (χ3v) is 2.53. The van der Waals surface area contributed by atoms with Crippen molar-refractivity contribution in [1.29, 1.82) is 0 Å². The predicted octanol–water partition coefficient (Wildman–Crippen LogP) is 2.04. The van der Waals surface area contributed by atoms with E-state index in [9.17, 15) is 9.90 Å². The standard InChI is InChI=1S/C9H8BrNO2/c10-5-3-7-6(8(12)4-5)1-2-9(13)11-7/h3-4,12H,1-2H2,(H,11,13). The highest BCUT2D eigenvalue weighted by atomic mass is 79.9. The molecule has 0 radical (unpaired) electrons. The Bertz CT molecular complexity index is 376. The Balaban J connectivity index is 2.53. The summed E-state index contributed by atoms with van der Waals surface area (Å²) >= 11 is 3.25. The minimum absolute atomic E-state index is 0.00463. The van der Waals surface area contributed by atoms with Crippen molar-refractivity contribution in [3.05, 3.63) is 22.2 Å². The number of halogens is 1. The number of benzene rings is 1. The second-order valence-corrected chi connectivity index (χ2v) is 3.91. The van der Waals surface area contributed by atoms with E-state index in [0.717, 1.165) is 10.0 Å². The number of anilines is 1. The molecule has 0 aliphatic carbocycles. The van der Waals surface area contributed by atoms with Crippen molar-refractivity contribution < 1.29 is 9.90 Å². The lowest BCUT2D eigenvalue weighted by molar-refractivity contribution is -0.116. The third kappa shape index (κ3) is 1.54. The Hall–Kier alpha value is -1.03. The molecule has 2 N–H and O–H groups in total. The van der Waals surface area contributed by atoms with Crippen LogP contribution in [0.4, 0.5) is 5.69 Å². The first-order valence-electron chi connectivity index (χ1n) is 3.98. The molecule has 0 unspecified atom stereocenters. The number of carbonyl (C=O) groups is 1. The van der Waals surface area contributed by atoms with Crippen LogP contribution in [0.25, 0.3) is 0 Å². The first-order valence-corrected chi connectivity index (χ1v) is 4.77. The second kappa shape index (κ2) is 3.03. The van der Waals surface area contributed by atoms with Gasteiger partial charge >= 0.3 is 0 Å². The van der Waals surface area contributed by atoms with E-state index in [0.29, 0.717) is 18.5 Å². The number of hydrogen-bond donors (Lipinski definition) is 2. The van der Waals surface area contributed by atoms with Gasteiger partial charge in [-0.05, 0) is 18.6 Å². The highest BCUT2D eigenvalue weighted by Crippen LogP contribution is 2.33. The molecule has 0 aromatic heterocycles. The van der Waals surface area contributed by atoms with Crippen molar-refractivity contribution in [2.24, 2.45) is 0 Å². The fourth-order valence-electron chi connectivity index (χ4n) is 1.45. The van der Waals surface area contributed by atoms with E-state index in [1.807, 2.05) is 0 Å². The Morgan fingerprint density at radius 3 is 2.92 bits per heavy atom. The van der Waals surface area contributed by atoms with Gasteiger partial charge in [-0.25, -0.2) is 0 Å². The first-order chi connectivity index (χ1) is 6.16. The van der Waals surface area contributed by atoms with Crippen LogP contribution in [-0.4, -0.2) is 11.0 Å². The molecule has 13 heavy (non-hydrogen) atoms. The van der Waals surface area contributed by atoms with E-state index in [-0.39, 0.29) is 11.7 Å². The van der Waals surface area contributed by atoms with E-state index in [2.05, 4.69) is 21.2 Å². The molecule has 1 aliphatic heterocycles. The van der Waals surface area contributed by atoms with Crippen LogP contribution in [0.2, 0.25) is 0 Å². The Kier molecular flexibility index (Phi) is 2.00. The van der Waals surface area contributed by atoms with Crippen LogP contribution in [0.1, 0.15) is 12.0 Å². The van der Waals surface area contributed by atoms with Crippen LogP contribution in [0.3, 0.4) is 0 Å². The van der Waals surface area contributed by atoms with Gasteiger partial charge in [-0.2, -0.15) is 0 Å². The highest BCUT2D eigenvalue weighted by Gasteiger charge is 2.17. The number of rotatable bonds is 0. The first kappa shape index (κ1) is 8.56. The number of aromatic hydroxyl groups is 1. The Morgan fingerprint density at radius 1 is 1.38 bits per heavy atom. The van der Waals surface area contributed by atoms with Crippen molar-refractivity contribution in [2.45, 2.75) is 12.8 Å². The van der Waals surface area contributed by atoms with Gasteiger partial charge in [-0.3, -0.25) is 4.79 Å². The third-order valence-electron chi connectivity index (χ3n) is 2.07. The van der Waals surface area contributed by atoms with Crippen LogP contribution < -0.4 is 5.32 Å². The molecule has 1 aliphatic rings. The predicted molar refractivity (Wildman–Crippen MR) is 52.8 cm³/mol. The van der Waals surface area contributed by atoms with E-state index in [4.69, 9.17) is 0 Å². The Morgan fingerprint density at radius 2 is 2.15 bits per heavy atom. The minimum Gasteiger partial charge on any atom is -0.508 e. The molecule has 0 bridgehead atoms. The van der Waals surface area contributed by atoms with Crippen LogP contribution >= 0.6 is 15.9 Å². The van der Waals surface area contributed by atoms with Crippen LogP contribution in [-0.2, 0) is 11.2 Å². The van der Waals surface area contributed by atoms with Gasteiger partial charge in [0.2, 0.25) is 5.91 Å². The zero-order valence-corrected chi connectivity index (χ0v) is 8.39. The number of amides is 1. The number of phenols is 1. The molecule has 0 atom stereocenters. The van der Waals surface area contributed by atoms with Gasteiger partial charge in [0, 0.05) is 22.1 Å². The molecule has 0 saturated carbocycles. The molecular formula is C9H8BrNO2. The molecule has 0 spiro atoms. The van der Waals surface area contributed by atoms with E-state index in [1.165, 1.54) is 0 Å². The topological polar surface area (TPSA) is 49.3 Å². The molecule has 1 amide bonds. The van der Waals surface area contributed by atoms with Crippen molar-refractivity contribution >= 4 is 27.5 Å². The van der Waals surface area contributed by atoms with E-state index < -0.39 is 0 Å². The van der Waals surface area contributed by atoms with Crippen molar-refractivity contribution in [3.63, 3.8) is 0 Å². The number of nitrogens with one attached hydrogen (secondary N) is 1. The fourth-order valence-corrected chi connectivity index (χ4v) is 1.89. The zero-order chi connectivity index (χ0) is 9.42. The number of hydrogen-bond acceptors (Lipinski definition) is 2. The summed E-state index contributed by atoms with van der Waals surface area (Å²) in [6.45, 7) is 0. The molecule has 3 nitrogen and oxygen atoms in total. The quantitative estimate of drug-likeness (QED) is 0.731. The van der Waals surface area contributed by atoms with Gasteiger partial charge < -0.3 is 10.4 Å². The highest BCUT2D eigenvalue weighted by molar-refractivity contribution is 9.10. The largest absolute Gasteiger partial charge is 0.508 e. The average Bonchev–Trinajstić information content (AvgIpc) is 2.02. The molecule has 0 saturated heterocycles. The smallest absolute Gasteiger partial charge is 0.224 e.